The summed E-state index contributed by atoms with van der Waals surface area (Å²) in [7, 11) is -1.83. The molecule has 2 aromatic heterocycles. The lowest BCUT2D eigenvalue weighted by Crippen LogP contribution is -2.48. The molecule has 40 heavy (non-hydrogen) atoms. The molecule has 2 aliphatic heterocycles. The van der Waals surface area contributed by atoms with E-state index in [1.807, 2.05) is 13.8 Å². The van der Waals surface area contributed by atoms with Crippen LogP contribution in [0, 0.1) is 0 Å². The summed E-state index contributed by atoms with van der Waals surface area (Å²) in [4.78, 5) is 34.6. The fraction of sp³-hybridized carbons (Fsp3) is 0.615. The van der Waals surface area contributed by atoms with Crippen LogP contribution in [-0.2, 0) is 16.4 Å². The minimum absolute atomic E-state index is 0.00358. The van der Waals surface area contributed by atoms with Crippen molar-refractivity contribution in [3.63, 3.8) is 0 Å². The number of hydrogen-bond donors (Lipinski definition) is 2. The second-order valence-corrected chi connectivity index (χ2v) is 12.1. The summed E-state index contributed by atoms with van der Waals surface area (Å²) in [6.07, 6.45) is 3.41. The summed E-state index contributed by atoms with van der Waals surface area (Å²) in [6.45, 7) is 10.5. The third-order valence-corrected chi connectivity index (χ3v) is 9.48. The summed E-state index contributed by atoms with van der Waals surface area (Å²) < 4.78 is 35.7. The number of pyridine rings is 1. The van der Waals surface area contributed by atoms with E-state index in [0.29, 0.717) is 38.3 Å². The molecule has 220 valence electrons. The minimum atomic E-state index is -3.89. The normalized spacial score (nSPS) is 18.1. The van der Waals surface area contributed by atoms with Gasteiger partial charge < -0.3 is 25.6 Å². The average Bonchev–Trinajstić information content (AvgIpc) is 3.32. The van der Waals surface area contributed by atoms with Gasteiger partial charge in [0.2, 0.25) is 15.9 Å². The number of nitrogens with two attached hydrogens (primary N) is 1. The van der Waals surface area contributed by atoms with Crippen molar-refractivity contribution in [1.29, 1.82) is 0 Å². The Morgan fingerprint density at radius 3 is 2.35 bits per heavy atom. The van der Waals surface area contributed by atoms with Crippen LogP contribution in [0.2, 0.25) is 0 Å². The van der Waals surface area contributed by atoms with Crippen molar-refractivity contribution in [2.75, 3.05) is 64.8 Å². The van der Waals surface area contributed by atoms with Gasteiger partial charge in [0.15, 0.2) is 5.69 Å². The van der Waals surface area contributed by atoms with Gasteiger partial charge in [0.1, 0.15) is 10.5 Å². The number of ether oxygens (including phenoxy) is 1. The van der Waals surface area contributed by atoms with Crippen LogP contribution in [0.15, 0.2) is 17.2 Å². The first-order valence-electron chi connectivity index (χ1n) is 13.9. The average molecular weight is 577 g/mol. The monoisotopic (exact) mass is 576 g/mol. The SMILES string of the molecule is CCOc1ncc(S(=O)(=O)N2CCN(CC)CC2)cc1C(=O)Nc1c(C(N)=O)nn(C2CCN(C)CC2)c1CC. The van der Waals surface area contributed by atoms with E-state index in [-0.39, 0.29) is 40.4 Å². The number of likely N-dealkylation sites (N-methyl/N-ethyl adjacent to an activating group) is 1. The van der Waals surface area contributed by atoms with Gasteiger partial charge in [-0.2, -0.15) is 9.40 Å². The minimum Gasteiger partial charge on any atom is -0.477 e. The number of aromatic nitrogens is 3. The molecule has 2 aromatic rings. The molecule has 4 heterocycles. The van der Waals surface area contributed by atoms with Crippen molar-refractivity contribution in [3.05, 3.63) is 29.2 Å². The summed E-state index contributed by atoms with van der Waals surface area (Å²) in [5, 5.41) is 7.32. The van der Waals surface area contributed by atoms with Gasteiger partial charge in [-0.05, 0) is 58.9 Å². The maximum Gasteiger partial charge on any atom is 0.271 e. The van der Waals surface area contributed by atoms with Crippen molar-refractivity contribution >= 4 is 27.5 Å². The van der Waals surface area contributed by atoms with E-state index in [1.54, 1.807) is 11.6 Å². The largest absolute Gasteiger partial charge is 0.477 e. The van der Waals surface area contributed by atoms with Gasteiger partial charge in [-0.25, -0.2) is 13.4 Å². The molecule has 0 bridgehead atoms. The Morgan fingerprint density at radius 2 is 1.77 bits per heavy atom. The van der Waals surface area contributed by atoms with E-state index in [2.05, 4.69) is 32.2 Å². The Hall–Kier alpha value is -3.07. The number of nitrogens with zero attached hydrogens (tertiary/aromatic N) is 6. The van der Waals surface area contributed by atoms with Crippen molar-refractivity contribution in [2.24, 2.45) is 5.73 Å². The number of amides is 2. The second kappa shape index (κ2) is 12.6. The molecule has 0 spiro atoms. The van der Waals surface area contributed by atoms with Crippen molar-refractivity contribution in [3.8, 4) is 5.88 Å². The topological polar surface area (TPSA) is 156 Å². The number of piperidine rings is 1. The maximum atomic E-state index is 13.7. The molecule has 14 heteroatoms. The molecule has 2 saturated heterocycles. The lowest BCUT2D eigenvalue weighted by atomic mass is 10.1. The Morgan fingerprint density at radius 1 is 1.10 bits per heavy atom. The Labute approximate surface area is 235 Å². The number of rotatable bonds is 10. The molecule has 0 aromatic carbocycles. The molecule has 0 unspecified atom stereocenters. The molecule has 3 N–H and O–H groups in total. The van der Waals surface area contributed by atoms with Crippen LogP contribution >= 0.6 is 0 Å². The number of likely N-dealkylation sites (tertiary alicyclic amines) is 1. The third kappa shape index (κ3) is 6.14. The lowest BCUT2D eigenvalue weighted by molar-refractivity contribution is 0.0994. The summed E-state index contributed by atoms with van der Waals surface area (Å²) in [5.74, 6) is -1.43. The number of carbonyl (C=O) groups is 2. The van der Waals surface area contributed by atoms with Gasteiger partial charge in [-0.15, -0.1) is 0 Å². The summed E-state index contributed by atoms with van der Waals surface area (Å²) in [6, 6.07) is 1.35. The number of piperazine rings is 1. The van der Waals surface area contributed by atoms with Gasteiger partial charge in [0.25, 0.3) is 11.8 Å². The highest BCUT2D eigenvalue weighted by atomic mass is 32.2. The van der Waals surface area contributed by atoms with E-state index in [4.69, 9.17) is 10.5 Å². The zero-order chi connectivity index (χ0) is 29.0. The second-order valence-electron chi connectivity index (χ2n) is 10.1. The maximum absolute atomic E-state index is 13.7. The predicted molar refractivity (Wildman–Crippen MR) is 150 cm³/mol. The Balaban J connectivity index is 1.68. The number of primary amides is 1. The quantitative estimate of drug-likeness (QED) is 0.424. The number of carbonyl (C=O) groups excluding carboxylic acids is 2. The number of hydrogen-bond acceptors (Lipinski definition) is 9. The van der Waals surface area contributed by atoms with Gasteiger partial charge >= 0.3 is 0 Å². The van der Waals surface area contributed by atoms with Crippen LogP contribution < -0.4 is 15.8 Å². The van der Waals surface area contributed by atoms with E-state index in [9.17, 15) is 18.0 Å². The first-order valence-corrected chi connectivity index (χ1v) is 15.3. The fourth-order valence-electron chi connectivity index (χ4n) is 5.26. The molecule has 2 fully saturated rings. The van der Waals surface area contributed by atoms with E-state index in [1.165, 1.54) is 16.6 Å². The molecule has 0 saturated carbocycles. The van der Waals surface area contributed by atoms with E-state index in [0.717, 1.165) is 32.5 Å². The van der Waals surface area contributed by atoms with Crippen LogP contribution in [0.1, 0.15) is 66.2 Å². The highest BCUT2D eigenvalue weighted by Crippen LogP contribution is 2.31. The van der Waals surface area contributed by atoms with Gasteiger partial charge in [0, 0.05) is 26.2 Å². The first kappa shape index (κ1) is 29.9. The van der Waals surface area contributed by atoms with Crippen LogP contribution in [0.4, 0.5) is 5.69 Å². The first-order chi connectivity index (χ1) is 19.1. The molecule has 0 aliphatic carbocycles. The molecule has 4 rings (SSSR count). The van der Waals surface area contributed by atoms with E-state index < -0.39 is 21.8 Å². The Bertz CT molecular complexity index is 1330. The van der Waals surface area contributed by atoms with Crippen LogP contribution in [0.3, 0.4) is 0 Å². The molecular formula is C26H40N8O5S. The number of anilines is 1. The van der Waals surface area contributed by atoms with Gasteiger partial charge in [0.05, 0.1) is 30.2 Å². The highest BCUT2D eigenvalue weighted by molar-refractivity contribution is 7.89. The van der Waals surface area contributed by atoms with Crippen LogP contribution in [-0.4, -0.2) is 109 Å². The highest BCUT2D eigenvalue weighted by Gasteiger charge is 2.32. The van der Waals surface area contributed by atoms with Crippen molar-refractivity contribution < 1.29 is 22.7 Å². The molecule has 0 radical (unpaired) electrons. The fourth-order valence-corrected chi connectivity index (χ4v) is 6.65. The number of nitrogens with one attached hydrogen (secondary N) is 1. The van der Waals surface area contributed by atoms with Gasteiger partial charge in [-0.1, -0.05) is 13.8 Å². The summed E-state index contributed by atoms with van der Waals surface area (Å²) >= 11 is 0. The third-order valence-electron chi connectivity index (χ3n) is 7.62. The molecule has 13 nitrogen and oxygen atoms in total. The standard InChI is InChI=1S/C26H40N8O5S/c1-5-21-22(23(24(27)35)30-34(21)18-8-10-31(4)11-9-18)29-25(36)20-16-19(17-28-26(20)39-7-3)40(37,38)33-14-12-32(6-2)13-15-33/h16-18H,5-15H2,1-4H3,(H2,27,35)(H,29,36). The molecule has 0 atom stereocenters. The smallest absolute Gasteiger partial charge is 0.271 e. The van der Waals surface area contributed by atoms with Crippen LogP contribution in [0.25, 0.3) is 0 Å². The molecular weight excluding hydrogens is 536 g/mol. The van der Waals surface area contributed by atoms with Crippen molar-refractivity contribution in [2.45, 2.75) is 51.0 Å². The lowest BCUT2D eigenvalue weighted by Gasteiger charge is -2.33. The van der Waals surface area contributed by atoms with Gasteiger partial charge in [-0.3, -0.25) is 14.3 Å². The van der Waals surface area contributed by atoms with Crippen molar-refractivity contribution in [1.82, 2.24) is 28.9 Å². The van der Waals surface area contributed by atoms with Crippen LogP contribution in [0.5, 0.6) is 5.88 Å². The number of sulfonamides is 1. The molecule has 2 amide bonds. The zero-order valence-corrected chi connectivity index (χ0v) is 24.5. The predicted octanol–water partition coefficient (Wildman–Crippen LogP) is 1.18. The Kier molecular flexibility index (Phi) is 9.44. The zero-order valence-electron chi connectivity index (χ0n) is 23.7. The van der Waals surface area contributed by atoms with E-state index >= 15 is 0 Å². The summed E-state index contributed by atoms with van der Waals surface area (Å²) in [5.41, 5.74) is 6.50. The molecule has 2 aliphatic rings.